The molecule has 1 amide bonds. The van der Waals surface area contributed by atoms with Crippen LogP contribution in [0, 0.1) is 5.82 Å². The Hall–Kier alpha value is -1.91. The Labute approximate surface area is 98.4 Å². The van der Waals surface area contributed by atoms with Gasteiger partial charge < -0.3 is 10.2 Å². The first-order chi connectivity index (χ1) is 7.91. The van der Waals surface area contributed by atoms with Crippen LogP contribution in [-0.4, -0.2) is 24.8 Å². The minimum absolute atomic E-state index is 0.105. The Bertz CT molecular complexity index is 511. The molecule has 1 aromatic rings. The molecule has 1 heterocycles. The molecular weight excluding hydrogens is 223 g/mol. The van der Waals surface area contributed by atoms with Crippen LogP contribution in [0.5, 0.6) is 0 Å². The molecule has 1 aliphatic heterocycles. The summed E-state index contributed by atoms with van der Waals surface area (Å²) in [5.74, 6) is -1.88. The third-order valence-corrected chi connectivity index (χ3v) is 2.94. The summed E-state index contributed by atoms with van der Waals surface area (Å²) in [6.07, 6.45) is 0. The van der Waals surface area contributed by atoms with Crippen molar-refractivity contribution in [3.63, 3.8) is 0 Å². The Morgan fingerprint density at radius 1 is 1.29 bits per heavy atom. The summed E-state index contributed by atoms with van der Waals surface area (Å²) < 4.78 is 13.8. The molecule has 5 heteroatoms. The summed E-state index contributed by atoms with van der Waals surface area (Å²) in [4.78, 5) is 24.3. The van der Waals surface area contributed by atoms with Crippen molar-refractivity contribution < 1.29 is 14.0 Å². The smallest absolute Gasteiger partial charge is 0.296 e. The molecule has 0 saturated heterocycles. The Balaban J connectivity index is 2.50. The number of amides is 1. The number of carbonyl (C=O) groups excluding carboxylic acids is 2. The van der Waals surface area contributed by atoms with Gasteiger partial charge in [-0.25, -0.2) is 4.39 Å². The average molecular weight is 236 g/mol. The second kappa shape index (κ2) is 3.84. The number of fused-ring (bicyclic) bond motifs is 1. The number of hydrogen-bond acceptors (Lipinski definition) is 3. The number of anilines is 2. The van der Waals surface area contributed by atoms with Crippen molar-refractivity contribution in [2.45, 2.75) is 19.9 Å². The third kappa shape index (κ3) is 1.77. The van der Waals surface area contributed by atoms with E-state index in [0.717, 1.165) is 6.07 Å². The van der Waals surface area contributed by atoms with E-state index in [4.69, 9.17) is 0 Å². The minimum atomic E-state index is -0.705. The second-order valence-corrected chi connectivity index (χ2v) is 4.34. The molecule has 0 unspecified atom stereocenters. The topological polar surface area (TPSA) is 49.4 Å². The number of ketones is 1. The molecule has 1 aromatic carbocycles. The number of carbonyl (C=O) groups is 2. The zero-order chi connectivity index (χ0) is 12.7. The third-order valence-electron chi connectivity index (χ3n) is 2.94. The largest absolute Gasteiger partial charge is 0.370 e. The number of nitrogens with zero attached hydrogens (tertiary/aromatic N) is 1. The molecule has 17 heavy (non-hydrogen) atoms. The fourth-order valence-corrected chi connectivity index (χ4v) is 1.70. The first-order valence-electron chi connectivity index (χ1n) is 5.34. The molecule has 1 aliphatic rings. The van der Waals surface area contributed by atoms with Gasteiger partial charge in [0, 0.05) is 13.1 Å². The molecule has 4 nitrogen and oxygen atoms in total. The highest BCUT2D eigenvalue weighted by Gasteiger charge is 2.30. The number of hydrogen-bond donors (Lipinski definition) is 1. The second-order valence-electron chi connectivity index (χ2n) is 4.34. The van der Waals surface area contributed by atoms with Crippen molar-refractivity contribution in [1.29, 1.82) is 0 Å². The molecule has 0 fully saturated rings. The molecule has 1 N–H and O–H groups in total. The van der Waals surface area contributed by atoms with E-state index in [1.165, 1.54) is 6.07 Å². The Morgan fingerprint density at radius 3 is 2.53 bits per heavy atom. The normalized spacial score (nSPS) is 13.9. The van der Waals surface area contributed by atoms with Crippen molar-refractivity contribution in [1.82, 2.24) is 0 Å². The molecule has 0 aliphatic carbocycles. The highest BCUT2D eigenvalue weighted by molar-refractivity contribution is 6.51. The van der Waals surface area contributed by atoms with Crippen LogP contribution in [0.15, 0.2) is 12.1 Å². The van der Waals surface area contributed by atoms with Crippen LogP contribution in [0.25, 0.3) is 0 Å². The van der Waals surface area contributed by atoms with E-state index in [2.05, 4.69) is 5.32 Å². The van der Waals surface area contributed by atoms with Gasteiger partial charge in [0.15, 0.2) is 0 Å². The SMILES string of the molecule is CC(C)N(C)c1cc2c(cc1F)C(=O)C(=O)N2. The number of halogens is 1. The number of rotatable bonds is 2. The lowest BCUT2D eigenvalue weighted by atomic mass is 10.1. The van der Waals surface area contributed by atoms with Gasteiger partial charge in [0.2, 0.25) is 0 Å². The van der Waals surface area contributed by atoms with E-state index in [0.29, 0.717) is 11.4 Å². The molecule has 0 bridgehead atoms. The summed E-state index contributed by atoms with van der Waals surface area (Å²) in [6.45, 7) is 3.85. The van der Waals surface area contributed by atoms with E-state index < -0.39 is 17.5 Å². The number of Topliss-reactive ketones (excluding diaryl/α,β-unsaturated/α-hetero) is 1. The van der Waals surface area contributed by atoms with Crippen LogP contribution in [0.3, 0.4) is 0 Å². The zero-order valence-electron chi connectivity index (χ0n) is 9.87. The summed E-state index contributed by atoms with van der Waals surface area (Å²) in [5, 5.41) is 2.43. The van der Waals surface area contributed by atoms with Crippen LogP contribution in [0.1, 0.15) is 24.2 Å². The van der Waals surface area contributed by atoms with Crippen molar-refractivity contribution in [2.24, 2.45) is 0 Å². The average Bonchev–Trinajstić information content (AvgIpc) is 2.53. The van der Waals surface area contributed by atoms with E-state index in [-0.39, 0.29) is 11.6 Å². The van der Waals surface area contributed by atoms with Gasteiger partial charge in [-0.1, -0.05) is 0 Å². The predicted molar refractivity (Wildman–Crippen MR) is 62.9 cm³/mol. The van der Waals surface area contributed by atoms with Gasteiger partial charge in [0.05, 0.1) is 16.9 Å². The van der Waals surface area contributed by atoms with Crippen LogP contribution in [0.2, 0.25) is 0 Å². The zero-order valence-corrected chi connectivity index (χ0v) is 9.87. The predicted octanol–water partition coefficient (Wildman–Crippen LogP) is 1.81. The maximum absolute atomic E-state index is 13.8. The quantitative estimate of drug-likeness (QED) is 0.797. The lowest BCUT2D eigenvalue weighted by Gasteiger charge is -2.24. The number of benzene rings is 1. The molecule has 0 radical (unpaired) electrons. The molecular formula is C12H13FN2O2. The van der Waals surface area contributed by atoms with Crippen LogP contribution in [-0.2, 0) is 4.79 Å². The first-order valence-corrected chi connectivity index (χ1v) is 5.34. The molecule has 90 valence electrons. The van der Waals surface area contributed by atoms with Crippen LogP contribution < -0.4 is 10.2 Å². The molecule has 0 spiro atoms. The first kappa shape index (κ1) is 11.6. The van der Waals surface area contributed by atoms with Gasteiger partial charge in [-0.2, -0.15) is 0 Å². The van der Waals surface area contributed by atoms with E-state index in [1.54, 1.807) is 11.9 Å². The van der Waals surface area contributed by atoms with Gasteiger partial charge in [0.25, 0.3) is 11.7 Å². The summed E-state index contributed by atoms with van der Waals surface area (Å²) in [6, 6.07) is 2.73. The van der Waals surface area contributed by atoms with Gasteiger partial charge in [-0.05, 0) is 26.0 Å². The Kier molecular flexibility index (Phi) is 2.61. The van der Waals surface area contributed by atoms with E-state index in [1.807, 2.05) is 13.8 Å². The van der Waals surface area contributed by atoms with E-state index in [9.17, 15) is 14.0 Å². The molecule has 0 aromatic heterocycles. The summed E-state index contributed by atoms with van der Waals surface area (Å²) in [5.41, 5.74) is 0.853. The lowest BCUT2D eigenvalue weighted by Crippen LogP contribution is -2.26. The lowest BCUT2D eigenvalue weighted by molar-refractivity contribution is -0.112. The highest BCUT2D eigenvalue weighted by Crippen LogP contribution is 2.31. The fraction of sp³-hybridized carbons (Fsp3) is 0.333. The summed E-state index contributed by atoms with van der Waals surface area (Å²) in [7, 11) is 1.76. The van der Waals surface area contributed by atoms with Crippen molar-refractivity contribution in [2.75, 3.05) is 17.3 Å². The standard InChI is InChI=1S/C12H13FN2O2/c1-6(2)15(3)10-5-9-7(4-8(10)13)11(16)12(17)14-9/h4-6H,1-3H3,(H,14,16,17). The Morgan fingerprint density at radius 2 is 1.94 bits per heavy atom. The van der Waals surface area contributed by atoms with Crippen LogP contribution >= 0.6 is 0 Å². The van der Waals surface area contributed by atoms with E-state index >= 15 is 0 Å². The van der Waals surface area contributed by atoms with Crippen molar-refractivity contribution >= 4 is 23.1 Å². The maximum Gasteiger partial charge on any atom is 0.296 e. The minimum Gasteiger partial charge on any atom is -0.370 e. The number of nitrogens with one attached hydrogen (secondary N) is 1. The van der Waals surface area contributed by atoms with Crippen LogP contribution in [0.4, 0.5) is 15.8 Å². The highest BCUT2D eigenvalue weighted by atomic mass is 19.1. The maximum atomic E-state index is 13.8. The molecule has 0 atom stereocenters. The van der Waals surface area contributed by atoms with Gasteiger partial charge in [-0.3, -0.25) is 9.59 Å². The van der Waals surface area contributed by atoms with Crippen molar-refractivity contribution in [3.05, 3.63) is 23.5 Å². The van der Waals surface area contributed by atoms with Gasteiger partial charge in [-0.15, -0.1) is 0 Å². The fourth-order valence-electron chi connectivity index (χ4n) is 1.70. The summed E-state index contributed by atoms with van der Waals surface area (Å²) >= 11 is 0. The molecule has 0 saturated carbocycles. The molecule has 2 rings (SSSR count). The van der Waals surface area contributed by atoms with Gasteiger partial charge in [0.1, 0.15) is 5.82 Å². The van der Waals surface area contributed by atoms with Gasteiger partial charge >= 0.3 is 0 Å². The monoisotopic (exact) mass is 236 g/mol. The van der Waals surface area contributed by atoms with Crippen molar-refractivity contribution in [3.8, 4) is 0 Å².